The van der Waals surface area contributed by atoms with Crippen molar-refractivity contribution in [3.05, 3.63) is 33.7 Å². The molecule has 1 unspecified atom stereocenters. The number of amides is 1. The van der Waals surface area contributed by atoms with Crippen LogP contribution in [0.25, 0.3) is 0 Å². The van der Waals surface area contributed by atoms with Crippen LogP contribution in [0.15, 0.2) is 16.9 Å². The highest BCUT2D eigenvalue weighted by Gasteiger charge is 2.24. The lowest BCUT2D eigenvalue weighted by atomic mass is 9.91. The average molecular weight is 261 g/mol. The summed E-state index contributed by atoms with van der Waals surface area (Å²) in [5, 5.41) is 6.26. The van der Waals surface area contributed by atoms with Gasteiger partial charge in [0.2, 0.25) is 11.5 Å². The van der Waals surface area contributed by atoms with Gasteiger partial charge in [-0.25, -0.2) is 0 Å². The standard InChI is InChI=1S/C14H19N3O2/c18-13-7-6-10-11(2-1-3-12(10)17-13)15-8-14(19)16-9-4-5-9/h6-7,9,11,15H,1-5,8H2,(H,16,19)(H,17,18). The summed E-state index contributed by atoms with van der Waals surface area (Å²) in [6, 6.07) is 4.02. The van der Waals surface area contributed by atoms with Crippen LogP contribution < -0.4 is 16.2 Å². The van der Waals surface area contributed by atoms with E-state index in [-0.39, 0.29) is 17.5 Å². The van der Waals surface area contributed by atoms with Crippen LogP contribution in [0.4, 0.5) is 0 Å². The molecule has 0 radical (unpaired) electrons. The molecule has 5 heteroatoms. The third kappa shape index (κ3) is 3.04. The van der Waals surface area contributed by atoms with E-state index in [0.29, 0.717) is 12.6 Å². The molecule has 5 nitrogen and oxygen atoms in total. The summed E-state index contributed by atoms with van der Waals surface area (Å²) >= 11 is 0. The van der Waals surface area contributed by atoms with Gasteiger partial charge < -0.3 is 15.6 Å². The molecule has 102 valence electrons. The quantitative estimate of drug-likeness (QED) is 0.744. The summed E-state index contributed by atoms with van der Waals surface area (Å²) in [5.41, 5.74) is 2.09. The smallest absolute Gasteiger partial charge is 0.248 e. The Hall–Kier alpha value is -1.62. The molecule has 0 bridgehead atoms. The van der Waals surface area contributed by atoms with Crippen LogP contribution in [0.1, 0.15) is 43.0 Å². The van der Waals surface area contributed by atoms with E-state index in [1.807, 2.05) is 6.07 Å². The second kappa shape index (κ2) is 5.17. The largest absolute Gasteiger partial charge is 0.352 e. The lowest BCUT2D eigenvalue weighted by molar-refractivity contribution is -0.120. The summed E-state index contributed by atoms with van der Waals surface area (Å²) in [6.07, 6.45) is 5.18. The molecule has 0 aliphatic heterocycles. The van der Waals surface area contributed by atoms with Crippen molar-refractivity contribution in [2.24, 2.45) is 0 Å². The minimum Gasteiger partial charge on any atom is -0.352 e. The van der Waals surface area contributed by atoms with Gasteiger partial charge in [0.05, 0.1) is 6.54 Å². The van der Waals surface area contributed by atoms with Gasteiger partial charge in [0.1, 0.15) is 0 Å². The Morgan fingerprint density at radius 1 is 1.32 bits per heavy atom. The molecule has 3 rings (SSSR count). The molecular formula is C14H19N3O2. The number of hydrogen-bond donors (Lipinski definition) is 3. The van der Waals surface area contributed by atoms with Gasteiger partial charge in [0.15, 0.2) is 0 Å². The van der Waals surface area contributed by atoms with E-state index in [9.17, 15) is 9.59 Å². The average Bonchev–Trinajstić information content (AvgIpc) is 3.19. The fourth-order valence-electron chi connectivity index (χ4n) is 2.63. The first kappa shape index (κ1) is 12.4. The number of aryl methyl sites for hydroxylation is 1. The highest BCUT2D eigenvalue weighted by atomic mass is 16.2. The molecule has 2 aliphatic rings. The summed E-state index contributed by atoms with van der Waals surface area (Å²) in [4.78, 5) is 25.9. The van der Waals surface area contributed by atoms with Crippen LogP contribution >= 0.6 is 0 Å². The Morgan fingerprint density at radius 3 is 2.95 bits per heavy atom. The van der Waals surface area contributed by atoms with E-state index >= 15 is 0 Å². The number of rotatable bonds is 4. The van der Waals surface area contributed by atoms with Crippen LogP contribution in [-0.2, 0) is 11.2 Å². The fraction of sp³-hybridized carbons (Fsp3) is 0.571. The van der Waals surface area contributed by atoms with Gasteiger partial charge in [-0.05, 0) is 37.7 Å². The number of aromatic nitrogens is 1. The number of carbonyl (C=O) groups is 1. The highest BCUT2D eigenvalue weighted by Crippen LogP contribution is 2.27. The molecule has 1 atom stereocenters. The second-order valence-electron chi connectivity index (χ2n) is 5.42. The van der Waals surface area contributed by atoms with E-state index in [4.69, 9.17) is 0 Å². The first-order chi connectivity index (χ1) is 9.22. The first-order valence-corrected chi connectivity index (χ1v) is 6.97. The topological polar surface area (TPSA) is 74.0 Å². The minimum absolute atomic E-state index is 0.0501. The van der Waals surface area contributed by atoms with Gasteiger partial charge in [-0.3, -0.25) is 9.59 Å². The summed E-state index contributed by atoms with van der Waals surface area (Å²) in [5.74, 6) is 0.0686. The Balaban J connectivity index is 1.62. The maximum Gasteiger partial charge on any atom is 0.248 e. The van der Waals surface area contributed by atoms with E-state index in [0.717, 1.165) is 43.4 Å². The Labute approximate surface area is 111 Å². The molecule has 1 saturated carbocycles. The van der Waals surface area contributed by atoms with Gasteiger partial charge in [-0.1, -0.05) is 6.07 Å². The maximum absolute atomic E-state index is 11.7. The minimum atomic E-state index is -0.0501. The predicted octanol–water partition coefficient (Wildman–Crippen LogP) is 0.620. The van der Waals surface area contributed by atoms with Crippen LogP contribution in [0.3, 0.4) is 0 Å². The van der Waals surface area contributed by atoms with Crippen molar-refractivity contribution in [1.82, 2.24) is 15.6 Å². The van der Waals surface area contributed by atoms with Crippen molar-refractivity contribution >= 4 is 5.91 Å². The summed E-state index contributed by atoms with van der Waals surface area (Å²) in [7, 11) is 0. The van der Waals surface area contributed by atoms with Crippen molar-refractivity contribution < 1.29 is 4.79 Å². The number of fused-ring (bicyclic) bond motifs is 1. The van der Waals surface area contributed by atoms with Crippen LogP contribution in [0.2, 0.25) is 0 Å². The monoisotopic (exact) mass is 261 g/mol. The molecule has 1 fully saturated rings. The zero-order chi connectivity index (χ0) is 13.2. The molecule has 1 amide bonds. The van der Waals surface area contributed by atoms with Crippen LogP contribution in [-0.4, -0.2) is 23.5 Å². The van der Waals surface area contributed by atoms with E-state index in [1.165, 1.54) is 0 Å². The van der Waals surface area contributed by atoms with E-state index in [2.05, 4.69) is 15.6 Å². The molecule has 0 spiro atoms. The molecule has 2 aliphatic carbocycles. The van der Waals surface area contributed by atoms with Gasteiger partial charge in [-0.2, -0.15) is 0 Å². The molecule has 3 N–H and O–H groups in total. The molecule has 1 aromatic heterocycles. The van der Waals surface area contributed by atoms with Crippen LogP contribution in [0, 0.1) is 0 Å². The van der Waals surface area contributed by atoms with Crippen molar-refractivity contribution in [2.45, 2.75) is 44.2 Å². The van der Waals surface area contributed by atoms with Crippen molar-refractivity contribution in [1.29, 1.82) is 0 Å². The number of carbonyl (C=O) groups excluding carboxylic acids is 1. The lowest BCUT2D eigenvalue weighted by Gasteiger charge is -2.25. The zero-order valence-corrected chi connectivity index (χ0v) is 10.9. The second-order valence-corrected chi connectivity index (χ2v) is 5.42. The molecule has 19 heavy (non-hydrogen) atoms. The van der Waals surface area contributed by atoms with Crippen molar-refractivity contribution in [3.63, 3.8) is 0 Å². The lowest BCUT2D eigenvalue weighted by Crippen LogP contribution is -2.38. The zero-order valence-electron chi connectivity index (χ0n) is 10.9. The third-order valence-electron chi connectivity index (χ3n) is 3.78. The van der Waals surface area contributed by atoms with E-state index in [1.54, 1.807) is 6.07 Å². The summed E-state index contributed by atoms with van der Waals surface area (Å²) < 4.78 is 0. The number of hydrogen-bond acceptors (Lipinski definition) is 3. The molecule has 0 saturated heterocycles. The molecule has 0 aromatic carbocycles. The fourth-order valence-corrected chi connectivity index (χ4v) is 2.63. The highest BCUT2D eigenvalue weighted by molar-refractivity contribution is 5.78. The number of pyridine rings is 1. The maximum atomic E-state index is 11.7. The predicted molar refractivity (Wildman–Crippen MR) is 71.9 cm³/mol. The third-order valence-corrected chi connectivity index (χ3v) is 3.78. The van der Waals surface area contributed by atoms with Crippen molar-refractivity contribution in [2.75, 3.05) is 6.54 Å². The number of H-pyrrole nitrogens is 1. The van der Waals surface area contributed by atoms with Gasteiger partial charge in [-0.15, -0.1) is 0 Å². The van der Waals surface area contributed by atoms with Crippen molar-refractivity contribution in [3.8, 4) is 0 Å². The van der Waals surface area contributed by atoms with E-state index < -0.39 is 0 Å². The van der Waals surface area contributed by atoms with Gasteiger partial charge >= 0.3 is 0 Å². The Morgan fingerprint density at radius 2 is 2.16 bits per heavy atom. The summed E-state index contributed by atoms with van der Waals surface area (Å²) in [6.45, 7) is 0.347. The SMILES string of the molecule is O=C(CNC1CCCc2[nH]c(=O)ccc21)NC1CC1. The normalized spacial score (nSPS) is 21.8. The number of nitrogens with one attached hydrogen (secondary N) is 3. The van der Waals surface area contributed by atoms with Gasteiger partial charge in [0.25, 0.3) is 0 Å². The molecule has 1 heterocycles. The van der Waals surface area contributed by atoms with Crippen LogP contribution in [0.5, 0.6) is 0 Å². The number of aromatic amines is 1. The Bertz CT molecular complexity index is 534. The molecular weight excluding hydrogens is 242 g/mol. The van der Waals surface area contributed by atoms with Gasteiger partial charge in [0, 0.05) is 23.8 Å². The first-order valence-electron chi connectivity index (χ1n) is 6.97. The Kier molecular flexibility index (Phi) is 3.38. The molecule has 1 aromatic rings.